The molecule has 0 saturated heterocycles. The first-order valence-corrected chi connectivity index (χ1v) is 11.3. The number of methoxy groups -OCH3 is 2. The quantitative estimate of drug-likeness (QED) is 0.397. The number of ether oxygens (including phenoxy) is 2. The highest BCUT2D eigenvalue weighted by atomic mass is 32.1. The van der Waals surface area contributed by atoms with Crippen LogP contribution >= 0.6 is 11.3 Å². The molecule has 0 aliphatic carbocycles. The second kappa shape index (κ2) is 8.86. The number of imidazole rings is 1. The van der Waals surface area contributed by atoms with Crippen molar-refractivity contribution in [2.75, 3.05) is 14.2 Å². The zero-order chi connectivity index (χ0) is 23.8. The van der Waals surface area contributed by atoms with Gasteiger partial charge in [0.05, 0.1) is 48.2 Å². The van der Waals surface area contributed by atoms with Crippen LogP contribution in [0.3, 0.4) is 0 Å². The van der Waals surface area contributed by atoms with Crippen LogP contribution in [-0.2, 0) is 11.3 Å². The van der Waals surface area contributed by atoms with E-state index in [1.807, 2.05) is 29.6 Å². The molecule has 0 bridgehead atoms. The highest BCUT2D eigenvalue weighted by Crippen LogP contribution is 2.38. The second-order valence-electron chi connectivity index (χ2n) is 7.72. The van der Waals surface area contributed by atoms with Crippen LogP contribution in [0.5, 0.6) is 11.5 Å². The Morgan fingerprint density at radius 2 is 1.91 bits per heavy atom. The van der Waals surface area contributed by atoms with Crippen molar-refractivity contribution in [1.82, 2.24) is 14.6 Å². The van der Waals surface area contributed by atoms with E-state index in [2.05, 4.69) is 10.1 Å². The van der Waals surface area contributed by atoms with Crippen LogP contribution in [0.25, 0.3) is 11.0 Å². The highest BCUT2D eigenvalue weighted by Gasteiger charge is 2.34. The number of hydrogen-bond donors (Lipinski definition) is 0. The minimum Gasteiger partial charge on any atom is -0.493 e. The maximum atomic E-state index is 13.8. The fourth-order valence-electron chi connectivity index (χ4n) is 4.05. The largest absolute Gasteiger partial charge is 0.493 e. The van der Waals surface area contributed by atoms with Crippen molar-refractivity contribution in [2.24, 2.45) is 5.10 Å². The van der Waals surface area contributed by atoms with E-state index in [0.29, 0.717) is 23.4 Å². The minimum absolute atomic E-state index is 0.132. The molecule has 2 aromatic carbocycles. The predicted octanol–water partition coefficient (Wildman–Crippen LogP) is 4.77. The number of rotatable bonds is 6. The van der Waals surface area contributed by atoms with Crippen molar-refractivity contribution in [3.05, 3.63) is 76.2 Å². The topological polar surface area (TPSA) is 69.0 Å². The van der Waals surface area contributed by atoms with Gasteiger partial charge in [0.2, 0.25) is 0 Å². The molecule has 1 aliphatic heterocycles. The van der Waals surface area contributed by atoms with Gasteiger partial charge in [0.1, 0.15) is 6.54 Å². The van der Waals surface area contributed by atoms with Gasteiger partial charge in [0.15, 0.2) is 23.1 Å². The second-order valence-corrected chi connectivity index (χ2v) is 8.67. The number of benzene rings is 2. The number of nitrogens with zero attached hydrogens (tertiary/aromatic N) is 4. The average molecular weight is 483 g/mol. The van der Waals surface area contributed by atoms with E-state index in [-0.39, 0.29) is 24.0 Å². The number of hydrogen-bond acceptors (Lipinski definition) is 6. The molecule has 3 heterocycles. The van der Waals surface area contributed by atoms with Crippen molar-refractivity contribution in [3.8, 4) is 11.5 Å². The third-order valence-corrected chi connectivity index (χ3v) is 6.65. The molecule has 1 atom stereocenters. The van der Waals surface area contributed by atoms with Gasteiger partial charge >= 0.3 is 0 Å². The van der Waals surface area contributed by atoms with Crippen LogP contribution in [0.1, 0.15) is 22.9 Å². The number of aromatic nitrogens is 2. The molecule has 0 spiro atoms. The van der Waals surface area contributed by atoms with Gasteiger partial charge in [-0.25, -0.2) is 18.8 Å². The minimum atomic E-state index is -0.996. The molecule has 5 rings (SSSR count). The summed E-state index contributed by atoms with van der Waals surface area (Å²) >= 11 is 1.55. The smallest absolute Gasteiger partial charge is 0.263 e. The summed E-state index contributed by atoms with van der Waals surface area (Å²) in [6.45, 7) is -0.132. The highest BCUT2D eigenvalue weighted by molar-refractivity contribution is 7.12. The summed E-state index contributed by atoms with van der Waals surface area (Å²) in [6.07, 6.45) is 1.92. The molecule has 1 aliphatic rings. The Bertz CT molecular complexity index is 1400. The molecular weight excluding hydrogens is 462 g/mol. The number of carbonyl (C=O) groups excluding carboxylic acids is 1. The lowest BCUT2D eigenvalue weighted by Gasteiger charge is -2.23. The molecule has 174 valence electrons. The molecule has 0 N–H and O–H groups in total. The van der Waals surface area contributed by atoms with Crippen LogP contribution in [0.4, 0.5) is 8.78 Å². The number of carbonyl (C=O) groups is 1. The van der Waals surface area contributed by atoms with Crippen molar-refractivity contribution >= 4 is 34.0 Å². The molecule has 4 aromatic rings. The third kappa shape index (κ3) is 3.90. The Morgan fingerprint density at radius 1 is 1.12 bits per heavy atom. The Labute approximate surface area is 197 Å². The zero-order valence-electron chi connectivity index (χ0n) is 18.4. The maximum absolute atomic E-state index is 13.8. The molecular formula is C24H20F2N4O3S. The van der Waals surface area contributed by atoms with Gasteiger partial charge in [0.25, 0.3) is 5.91 Å². The summed E-state index contributed by atoms with van der Waals surface area (Å²) in [7, 11) is 3.12. The molecule has 0 saturated carbocycles. The Hall–Kier alpha value is -3.79. The zero-order valence-corrected chi connectivity index (χ0v) is 19.2. The summed E-state index contributed by atoms with van der Waals surface area (Å²) in [5.41, 5.74) is 2.24. The van der Waals surface area contributed by atoms with Crippen LogP contribution in [-0.4, -0.2) is 40.4 Å². The monoisotopic (exact) mass is 482 g/mol. The van der Waals surface area contributed by atoms with Gasteiger partial charge in [-0.1, -0.05) is 12.1 Å². The first-order chi connectivity index (χ1) is 16.5. The van der Waals surface area contributed by atoms with E-state index in [9.17, 15) is 13.6 Å². The number of amides is 1. The van der Waals surface area contributed by atoms with E-state index in [1.165, 1.54) is 15.9 Å². The van der Waals surface area contributed by atoms with E-state index in [4.69, 9.17) is 9.47 Å². The van der Waals surface area contributed by atoms with Crippen molar-refractivity contribution in [1.29, 1.82) is 0 Å². The number of thiophene rings is 1. The van der Waals surface area contributed by atoms with Crippen molar-refractivity contribution < 1.29 is 23.0 Å². The molecule has 7 nitrogen and oxygen atoms in total. The first kappa shape index (κ1) is 22.0. The predicted molar refractivity (Wildman–Crippen MR) is 124 cm³/mol. The SMILES string of the molecule is COc1ccc(C2CC(c3cccs3)=NN2C(=O)Cn2cnc3cc(F)c(F)cc32)cc1OC. The number of fused-ring (bicyclic) bond motifs is 1. The fraction of sp³-hybridized carbons (Fsp3) is 0.208. The summed E-state index contributed by atoms with van der Waals surface area (Å²) in [5, 5.41) is 8.05. The summed E-state index contributed by atoms with van der Waals surface area (Å²) < 4.78 is 39.6. The lowest BCUT2D eigenvalue weighted by Crippen LogP contribution is -2.30. The summed E-state index contributed by atoms with van der Waals surface area (Å²) in [5.74, 6) is -1.16. The van der Waals surface area contributed by atoms with Crippen molar-refractivity contribution in [3.63, 3.8) is 0 Å². The Kier molecular flexibility index (Phi) is 5.74. The Balaban J connectivity index is 1.50. The van der Waals surface area contributed by atoms with E-state index >= 15 is 0 Å². The standard InChI is InChI=1S/C24H20F2N4O3S/c1-32-21-6-5-14(8-22(21)33-2)19-11-18(23-4-3-7-34-23)28-30(19)24(31)12-29-13-27-17-9-15(25)16(26)10-20(17)29/h3-10,13,19H,11-12H2,1-2H3. The molecule has 2 aromatic heterocycles. The Morgan fingerprint density at radius 3 is 2.65 bits per heavy atom. The van der Waals surface area contributed by atoms with Crippen LogP contribution in [0.2, 0.25) is 0 Å². The molecule has 0 fully saturated rings. The van der Waals surface area contributed by atoms with Gasteiger partial charge in [-0.3, -0.25) is 4.79 Å². The van der Waals surface area contributed by atoms with Gasteiger partial charge in [-0.05, 0) is 29.1 Å². The summed E-state index contributed by atoms with van der Waals surface area (Å²) in [4.78, 5) is 18.5. The van der Waals surface area contributed by atoms with Gasteiger partial charge in [-0.2, -0.15) is 5.10 Å². The lowest BCUT2D eigenvalue weighted by molar-refractivity contribution is -0.133. The van der Waals surface area contributed by atoms with E-state index in [0.717, 1.165) is 28.3 Å². The van der Waals surface area contributed by atoms with Gasteiger partial charge in [-0.15, -0.1) is 11.3 Å². The van der Waals surface area contributed by atoms with Crippen LogP contribution in [0.15, 0.2) is 59.3 Å². The average Bonchev–Trinajstić information content (AvgIpc) is 3.59. The maximum Gasteiger partial charge on any atom is 0.263 e. The van der Waals surface area contributed by atoms with Crippen LogP contribution < -0.4 is 9.47 Å². The normalized spacial score (nSPS) is 15.6. The molecule has 1 unspecified atom stereocenters. The van der Waals surface area contributed by atoms with E-state index in [1.54, 1.807) is 31.6 Å². The van der Waals surface area contributed by atoms with E-state index < -0.39 is 11.6 Å². The van der Waals surface area contributed by atoms with Gasteiger partial charge < -0.3 is 14.0 Å². The first-order valence-electron chi connectivity index (χ1n) is 10.4. The molecule has 34 heavy (non-hydrogen) atoms. The van der Waals surface area contributed by atoms with Gasteiger partial charge in [0, 0.05) is 18.6 Å². The van der Waals surface area contributed by atoms with Crippen LogP contribution in [0, 0.1) is 11.6 Å². The van der Waals surface area contributed by atoms with Crippen molar-refractivity contribution in [2.45, 2.75) is 19.0 Å². The number of hydrazone groups is 1. The third-order valence-electron chi connectivity index (χ3n) is 5.73. The fourth-order valence-corrected chi connectivity index (χ4v) is 4.77. The lowest BCUT2D eigenvalue weighted by atomic mass is 10.0. The molecule has 10 heteroatoms. The molecule has 0 radical (unpaired) electrons. The number of halogens is 2. The molecule has 1 amide bonds. The summed E-state index contributed by atoms with van der Waals surface area (Å²) in [6, 6.07) is 11.1.